The average Bonchev–Trinajstić information content (AvgIpc) is 2.40. The lowest BCUT2D eigenvalue weighted by atomic mass is 10.1. The van der Waals surface area contributed by atoms with Crippen LogP contribution in [-0.2, 0) is 4.74 Å². The van der Waals surface area contributed by atoms with Crippen molar-refractivity contribution >= 4 is 0 Å². The Morgan fingerprint density at radius 3 is 3.06 bits per heavy atom. The van der Waals surface area contributed by atoms with Gasteiger partial charge in [-0.05, 0) is 25.9 Å². The van der Waals surface area contributed by atoms with Crippen LogP contribution in [0.1, 0.15) is 26.2 Å². The second-order valence-corrected chi connectivity index (χ2v) is 5.19. The number of hydrogen-bond donors (Lipinski definition) is 2. The summed E-state index contributed by atoms with van der Waals surface area (Å²) in [5, 5.41) is 7.12. The van der Waals surface area contributed by atoms with E-state index in [1.54, 1.807) is 0 Å². The van der Waals surface area contributed by atoms with Gasteiger partial charge in [-0.3, -0.25) is 4.90 Å². The fourth-order valence-corrected chi connectivity index (χ4v) is 2.71. The Hall–Kier alpha value is -0.160. The Morgan fingerprint density at radius 2 is 2.29 bits per heavy atom. The van der Waals surface area contributed by atoms with Crippen LogP contribution < -0.4 is 10.6 Å². The molecule has 0 aromatic rings. The van der Waals surface area contributed by atoms with Crippen molar-refractivity contribution in [3.05, 3.63) is 0 Å². The number of hydrogen-bond acceptors (Lipinski definition) is 4. The predicted octanol–water partition coefficient (Wildman–Crippen LogP) is 0.439. The highest BCUT2D eigenvalue weighted by molar-refractivity contribution is 4.77. The van der Waals surface area contributed by atoms with E-state index in [9.17, 15) is 0 Å². The maximum Gasteiger partial charge on any atom is 0.0826 e. The molecule has 0 radical (unpaired) electrons. The van der Waals surface area contributed by atoms with E-state index < -0.39 is 0 Å². The maximum absolute atomic E-state index is 5.77. The third-order valence-electron chi connectivity index (χ3n) is 3.85. The van der Waals surface area contributed by atoms with Crippen molar-refractivity contribution in [1.82, 2.24) is 15.5 Å². The molecule has 0 saturated carbocycles. The fraction of sp³-hybridized carbons (Fsp3) is 1.00. The van der Waals surface area contributed by atoms with Gasteiger partial charge in [0.1, 0.15) is 0 Å². The molecule has 0 amide bonds. The standard InChI is InChI=1S/C13H27N3O/c1-2-16-7-8-17-13(11-16)10-14-9-12-5-3-4-6-15-12/h12-15H,2-11H2,1H3. The SMILES string of the molecule is CCN1CCOC(CNCC2CCCCN2)C1. The number of morpholine rings is 1. The minimum Gasteiger partial charge on any atom is -0.374 e. The van der Waals surface area contributed by atoms with Gasteiger partial charge in [0.2, 0.25) is 0 Å². The van der Waals surface area contributed by atoms with Crippen molar-refractivity contribution in [2.45, 2.75) is 38.3 Å². The van der Waals surface area contributed by atoms with Crippen molar-refractivity contribution in [1.29, 1.82) is 0 Å². The quantitative estimate of drug-likeness (QED) is 0.732. The number of nitrogens with zero attached hydrogens (tertiary/aromatic N) is 1. The Labute approximate surface area is 105 Å². The topological polar surface area (TPSA) is 36.5 Å². The molecule has 0 aromatic heterocycles. The molecule has 0 bridgehead atoms. The molecule has 2 atom stereocenters. The zero-order chi connectivity index (χ0) is 11.9. The Balaban J connectivity index is 1.57. The summed E-state index contributed by atoms with van der Waals surface area (Å²) in [4.78, 5) is 2.47. The molecule has 2 rings (SSSR count). The lowest BCUT2D eigenvalue weighted by Crippen LogP contribution is -2.49. The first-order valence-electron chi connectivity index (χ1n) is 7.16. The molecule has 100 valence electrons. The molecule has 2 heterocycles. The highest BCUT2D eigenvalue weighted by atomic mass is 16.5. The van der Waals surface area contributed by atoms with Gasteiger partial charge in [0.25, 0.3) is 0 Å². The molecule has 0 spiro atoms. The van der Waals surface area contributed by atoms with E-state index in [0.29, 0.717) is 12.1 Å². The van der Waals surface area contributed by atoms with Crippen LogP contribution in [-0.4, -0.2) is 62.9 Å². The van der Waals surface area contributed by atoms with E-state index in [1.165, 1.54) is 25.8 Å². The summed E-state index contributed by atoms with van der Waals surface area (Å²) in [7, 11) is 0. The van der Waals surface area contributed by atoms with Crippen molar-refractivity contribution in [3.8, 4) is 0 Å². The first kappa shape index (κ1) is 13.3. The normalized spacial score (nSPS) is 31.6. The van der Waals surface area contributed by atoms with Gasteiger partial charge in [0, 0.05) is 32.2 Å². The first-order chi connectivity index (χ1) is 8.38. The van der Waals surface area contributed by atoms with E-state index in [4.69, 9.17) is 4.74 Å². The van der Waals surface area contributed by atoms with Crippen molar-refractivity contribution in [2.75, 3.05) is 45.9 Å². The first-order valence-corrected chi connectivity index (χ1v) is 7.16. The Kier molecular flexibility index (Phi) is 5.71. The largest absolute Gasteiger partial charge is 0.374 e. The molecule has 2 N–H and O–H groups in total. The summed E-state index contributed by atoms with van der Waals surface area (Å²) in [6, 6.07) is 0.676. The lowest BCUT2D eigenvalue weighted by molar-refractivity contribution is -0.0254. The molecule has 0 aliphatic carbocycles. The van der Waals surface area contributed by atoms with Crippen molar-refractivity contribution in [3.63, 3.8) is 0 Å². The highest BCUT2D eigenvalue weighted by Gasteiger charge is 2.19. The van der Waals surface area contributed by atoms with Gasteiger partial charge >= 0.3 is 0 Å². The van der Waals surface area contributed by atoms with Crippen LogP contribution in [0.2, 0.25) is 0 Å². The summed E-state index contributed by atoms with van der Waals surface area (Å²) < 4.78 is 5.77. The molecule has 4 heteroatoms. The van der Waals surface area contributed by atoms with Gasteiger partial charge in [-0.15, -0.1) is 0 Å². The number of rotatable bonds is 5. The van der Waals surface area contributed by atoms with Crippen molar-refractivity contribution < 1.29 is 4.74 Å². The summed E-state index contributed by atoms with van der Waals surface area (Å²) in [6.45, 7) is 9.71. The molecular formula is C13H27N3O. The van der Waals surface area contributed by atoms with Crippen LogP contribution in [0.5, 0.6) is 0 Å². The van der Waals surface area contributed by atoms with Crippen molar-refractivity contribution in [2.24, 2.45) is 0 Å². The van der Waals surface area contributed by atoms with Gasteiger partial charge < -0.3 is 15.4 Å². The average molecular weight is 241 g/mol. The van der Waals surface area contributed by atoms with Gasteiger partial charge in [-0.2, -0.15) is 0 Å². The third kappa shape index (κ3) is 4.54. The number of nitrogens with one attached hydrogen (secondary N) is 2. The predicted molar refractivity (Wildman–Crippen MR) is 70.4 cm³/mol. The zero-order valence-corrected chi connectivity index (χ0v) is 11.1. The number of piperidine rings is 1. The Morgan fingerprint density at radius 1 is 1.35 bits per heavy atom. The van der Waals surface area contributed by atoms with E-state index in [0.717, 1.165) is 39.3 Å². The second kappa shape index (κ2) is 7.31. The van der Waals surface area contributed by atoms with Crippen LogP contribution >= 0.6 is 0 Å². The molecule has 0 aromatic carbocycles. The van der Waals surface area contributed by atoms with E-state index in [-0.39, 0.29) is 0 Å². The molecular weight excluding hydrogens is 214 g/mol. The summed E-state index contributed by atoms with van der Waals surface area (Å²) in [6.07, 6.45) is 4.42. The fourth-order valence-electron chi connectivity index (χ4n) is 2.71. The minimum absolute atomic E-state index is 0.382. The van der Waals surface area contributed by atoms with Crippen LogP contribution in [0.4, 0.5) is 0 Å². The van der Waals surface area contributed by atoms with Gasteiger partial charge in [-0.1, -0.05) is 13.3 Å². The molecule has 2 aliphatic heterocycles. The smallest absolute Gasteiger partial charge is 0.0826 e. The van der Waals surface area contributed by atoms with E-state index >= 15 is 0 Å². The van der Waals surface area contributed by atoms with Gasteiger partial charge in [-0.25, -0.2) is 0 Å². The highest BCUT2D eigenvalue weighted by Crippen LogP contribution is 2.07. The molecule has 2 unspecified atom stereocenters. The maximum atomic E-state index is 5.77. The van der Waals surface area contributed by atoms with Crippen LogP contribution in [0.3, 0.4) is 0 Å². The number of ether oxygens (including phenoxy) is 1. The molecule has 2 saturated heterocycles. The molecule has 2 aliphatic rings. The molecule has 2 fully saturated rings. The third-order valence-corrected chi connectivity index (χ3v) is 3.85. The van der Waals surface area contributed by atoms with E-state index in [2.05, 4.69) is 22.5 Å². The summed E-state index contributed by atoms with van der Waals surface area (Å²) in [5.74, 6) is 0. The monoisotopic (exact) mass is 241 g/mol. The second-order valence-electron chi connectivity index (χ2n) is 5.19. The number of likely N-dealkylation sites (N-methyl/N-ethyl adjacent to an activating group) is 1. The molecule has 4 nitrogen and oxygen atoms in total. The van der Waals surface area contributed by atoms with E-state index in [1.807, 2.05) is 0 Å². The lowest BCUT2D eigenvalue weighted by Gasteiger charge is -2.32. The molecule has 17 heavy (non-hydrogen) atoms. The Bertz CT molecular complexity index is 207. The zero-order valence-electron chi connectivity index (χ0n) is 11.1. The van der Waals surface area contributed by atoms with Crippen LogP contribution in [0.15, 0.2) is 0 Å². The van der Waals surface area contributed by atoms with Gasteiger partial charge in [0.15, 0.2) is 0 Å². The summed E-state index contributed by atoms with van der Waals surface area (Å²) >= 11 is 0. The van der Waals surface area contributed by atoms with Gasteiger partial charge in [0.05, 0.1) is 12.7 Å². The minimum atomic E-state index is 0.382. The summed E-state index contributed by atoms with van der Waals surface area (Å²) in [5.41, 5.74) is 0. The van der Waals surface area contributed by atoms with Crippen LogP contribution in [0.25, 0.3) is 0 Å². The van der Waals surface area contributed by atoms with Crippen LogP contribution in [0, 0.1) is 0 Å².